The lowest BCUT2D eigenvalue weighted by atomic mass is 9.81. The quantitative estimate of drug-likeness (QED) is 0.857. The molecule has 0 aromatic heterocycles. The molecule has 6 nitrogen and oxygen atoms in total. The van der Waals surface area contributed by atoms with Gasteiger partial charge < -0.3 is 9.84 Å². The van der Waals surface area contributed by atoms with Gasteiger partial charge in [0.15, 0.2) is 0 Å². The first kappa shape index (κ1) is 15.1. The fourth-order valence-corrected chi connectivity index (χ4v) is 3.75. The van der Waals surface area contributed by atoms with E-state index in [4.69, 9.17) is 21.4 Å². The highest BCUT2D eigenvalue weighted by Crippen LogP contribution is 2.31. The van der Waals surface area contributed by atoms with Crippen LogP contribution in [0.3, 0.4) is 0 Å². The van der Waals surface area contributed by atoms with Crippen molar-refractivity contribution in [1.82, 2.24) is 4.72 Å². The molecule has 0 aliphatic heterocycles. The van der Waals surface area contributed by atoms with E-state index >= 15 is 0 Å². The first-order valence-corrected chi connectivity index (χ1v) is 7.78. The Morgan fingerprint density at radius 1 is 1.45 bits per heavy atom. The van der Waals surface area contributed by atoms with E-state index in [0.29, 0.717) is 0 Å². The van der Waals surface area contributed by atoms with Gasteiger partial charge in [0.1, 0.15) is 10.6 Å². The molecule has 8 heteroatoms. The van der Waals surface area contributed by atoms with Gasteiger partial charge in [-0.05, 0) is 31.0 Å². The fraction of sp³-hybridized carbons (Fsp3) is 0.417. The van der Waals surface area contributed by atoms with Crippen molar-refractivity contribution in [1.29, 1.82) is 0 Å². The minimum absolute atomic E-state index is 0.0497. The van der Waals surface area contributed by atoms with Crippen LogP contribution in [0.4, 0.5) is 0 Å². The van der Waals surface area contributed by atoms with Crippen molar-refractivity contribution in [2.24, 2.45) is 5.92 Å². The molecular weight excluding hydrogens is 306 g/mol. The number of carboxylic acid groups (broad SMARTS) is 1. The molecule has 0 unspecified atom stereocenters. The number of methoxy groups -OCH3 is 1. The summed E-state index contributed by atoms with van der Waals surface area (Å²) in [7, 11) is -2.42. The number of rotatable bonds is 5. The summed E-state index contributed by atoms with van der Waals surface area (Å²) in [5.41, 5.74) is 0. The number of hydrogen-bond donors (Lipinski definition) is 2. The van der Waals surface area contributed by atoms with Crippen molar-refractivity contribution in [2.75, 3.05) is 7.11 Å². The van der Waals surface area contributed by atoms with Gasteiger partial charge in [0.2, 0.25) is 10.0 Å². The molecule has 0 radical (unpaired) electrons. The molecule has 0 heterocycles. The molecule has 20 heavy (non-hydrogen) atoms. The van der Waals surface area contributed by atoms with E-state index in [-0.39, 0.29) is 34.6 Å². The monoisotopic (exact) mass is 319 g/mol. The van der Waals surface area contributed by atoms with Crippen molar-refractivity contribution in [3.63, 3.8) is 0 Å². The van der Waals surface area contributed by atoms with Gasteiger partial charge in [0.05, 0.1) is 13.0 Å². The predicted molar refractivity (Wildman–Crippen MR) is 72.5 cm³/mol. The first-order chi connectivity index (χ1) is 9.33. The molecule has 1 aliphatic rings. The molecule has 1 aromatic carbocycles. The number of halogens is 1. The van der Waals surface area contributed by atoms with Crippen LogP contribution in [0.5, 0.6) is 5.75 Å². The minimum atomic E-state index is -3.79. The van der Waals surface area contributed by atoms with Gasteiger partial charge in [0, 0.05) is 11.1 Å². The summed E-state index contributed by atoms with van der Waals surface area (Å²) in [6.45, 7) is 0. The summed E-state index contributed by atoms with van der Waals surface area (Å²) in [4.78, 5) is 10.6. The highest BCUT2D eigenvalue weighted by atomic mass is 35.5. The van der Waals surface area contributed by atoms with E-state index in [0.717, 1.165) is 0 Å². The Bertz CT molecular complexity index is 625. The third-order valence-corrected chi connectivity index (χ3v) is 5.00. The molecule has 1 fully saturated rings. The van der Waals surface area contributed by atoms with Gasteiger partial charge in [-0.15, -0.1) is 0 Å². The zero-order valence-electron chi connectivity index (χ0n) is 10.7. The van der Waals surface area contributed by atoms with E-state index in [2.05, 4.69) is 4.72 Å². The zero-order valence-corrected chi connectivity index (χ0v) is 12.2. The molecule has 0 amide bonds. The molecule has 0 saturated heterocycles. The number of aliphatic carboxylic acids is 1. The lowest BCUT2D eigenvalue weighted by Crippen LogP contribution is -2.46. The Morgan fingerprint density at radius 3 is 2.65 bits per heavy atom. The predicted octanol–water partition coefficient (Wildman–Crippen LogP) is 1.49. The highest BCUT2D eigenvalue weighted by molar-refractivity contribution is 7.89. The second-order valence-corrected chi connectivity index (χ2v) is 6.74. The van der Waals surface area contributed by atoms with Gasteiger partial charge in [0.25, 0.3) is 0 Å². The second-order valence-electron chi connectivity index (χ2n) is 4.62. The summed E-state index contributed by atoms with van der Waals surface area (Å²) in [5.74, 6) is -1.19. The fourth-order valence-electron chi connectivity index (χ4n) is 2.06. The zero-order chi connectivity index (χ0) is 14.9. The van der Waals surface area contributed by atoms with Crippen LogP contribution in [-0.2, 0) is 14.8 Å². The van der Waals surface area contributed by atoms with Gasteiger partial charge in [-0.3, -0.25) is 4.79 Å². The molecular formula is C12H14ClNO5S. The lowest BCUT2D eigenvalue weighted by molar-refractivity contribution is -0.145. The average Bonchev–Trinajstić information content (AvgIpc) is 2.33. The highest BCUT2D eigenvalue weighted by Gasteiger charge is 2.37. The first-order valence-electron chi connectivity index (χ1n) is 5.92. The summed E-state index contributed by atoms with van der Waals surface area (Å²) < 4.78 is 32.0. The van der Waals surface area contributed by atoms with E-state index in [9.17, 15) is 13.2 Å². The summed E-state index contributed by atoms with van der Waals surface area (Å²) >= 11 is 5.80. The topological polar surface area (TPSA) is 92.7 Å². The normalized spacial score (nSPS) is 22.1. The molecule has 0 bridgehead atoms. The van der Waals surface area contributed by atoms with Crippen molar-refractivity contribution in [2.45, 2.75) is 23.8 Å². The van der Waals surface area contributed by atoms with Crippen molar-refractivity contribution in [3.05, 3.63) is 23.2 Å². The van der Waals surface area contributed by atoms with Gasteiger partial charge in [-0.1, -0.05) is 11.6 Å². The van der Waals surface area contributed by atoms with Crippen molar-refractivity contribution < 1.29 is 23.1 Å². The summed E-state index contributed by atoms with van der Waals surface area (Å²) in [6.07, 6.45) is 0.578. The number of nitrogens with one attached hydrogen (secondary N) is 1. The number of ether oxygens (including phenoxy) is 1. The minimum Gasteiger partial charge on any atom is -0.495 e. The summed E-state index contributed by atoms with van der Waals surface area (Å²) in [5, 5.41) is 9.05. The van der Waals surface area contributed by atoms with Crippen LogP contribution in [-0.4, -0.2) is 32.6 Å². The van der Waals surface area contributed by atoms with Crippen LogP contribution in [0, 0.1) is 5.92 Å². The number of hydrogen-bond acceptors (Lipinski definition) is 4. The van der Waals surface area contributed by atoms with E-state index in [1.54, 1.807) is 0 Å². The molecule has 0 spiro atoms. The van der Waals surface area contributed by atoms with Gasteiger partial charge in [-0.25, -0.2) is 13.1 Å². The molecule has 0 atom stereocenters. The Morgan fingerprint density at radius 2 is 2.10 bits per heavy atom. The van der Waals surface area contributed by atoms with Crippen LogP contribution in [0.1, 0.15) is 12.8 Å². The maximum atomic E-state index is 12.2. The average molecular weight is 320 g/mol. The molecule has 1 aliphatic carbocycles. The second kappa shape index (κ2) is 5.59. The molecule has 1 saturated carbocycles. The Kier molecular flexibility index (Phi) is 4.22. The van der Waals surface area contributed by atoms with Crippen LogP contribution >= 0.6 is 11.6 Å². The largest absolute Gasteiger partial charge is 0.495 e. The van der Waals surface area contributed by atoms with Crippen molar-refractivity contribution >= 4 is 27.6 Å². The molecule has 1 aromatic rings. The van der Waals surface area contributed by atoms with Crippen LogP contribution in [0.25, 0.3) is 0 Å². The number of sulfonamides is 1. The van der Waals surface area contributed by atoms with Crippen molar-refractivity contribution in [3.8, 4) is 5.75 Å². The Balaban J connectivity index is 2.16. The van der Waals surface area contributed by atoms with Gasteiger partial charge >= 0.3 is 5.97 Å². The third-order valence-electron chi connectivity index (χ3n) is 3.22. The SMILES string of the molecule is COc1ccc(Cl)cc1S(=O)(=O)NC1CC(C(=O)O)C1. The maximum absolute atomic E-state index is 12.2. The van der Waals surface area contributed by atoms with E-state index in [1.807, 2.05) is 0 Å². The van der Waals surface area contributed by atoms with Gasteiger partial charge in [-0.2, -0.15) is 0 Å². The van der Waals surface area contributed by atoms with Crippen LogP contribution in [0.2, 0.25) is 5.02 Å². The Hall–Kier alpha value is -1.31. The lowest BCUT2D eigenvalue weighted by Gasteiger charge is -2.32. The standard InChI is InChI=1S/C12H14ClNO5S/c1-19-10-3-2-8(13)6-11(10)20(17,18)14-9-4-7(5-9)12(15)16/h2-3,6-7,9,14H,4-5H2,1H3,(H,15,16). The molecule has 110 valence electrons. The Labute approximate surface area is 121 Å². The molecule has 2 rings (SSSR count). The number of carbonyl (C=O) groups is 1. The van der Waals surface area contributed by atoms with Crippen LogP contribution in [0.15, 0.2) is 23.1 Å². The smallest absolute Gasteiger partial charge is 0.306 e. The number of carboxylic acids is 1. The van der Waals surface area contributed by atoms with E-state index in [1.165, 1.54) is 25.3 Å². The summed E-state index contributed by atoms with van der Waals surface area (Å²) in [6, 6.07) is 3.93. The van der Waals surface area contributed by atoms with Crippen LogP contribution < -0.4 is 9.46 Å². The maximum Gasteiger partial charge on any atom is 0.306 e. The number of benzene rings is 1. The molecule has 2 N–H and O–H groups in total. The third kappa shape index (κ3) is 3.05. The van der Waals surface area contributed by atoms with E-state index < -0.39 is 21.9 Å².